The number of hydrogen-bond acceptors (Lipinski definition) is 5. The van der Waals surface area contributed by atoms with Gasteiger partial charge < -0.3 is 19.5 Å². The molecule has 1 saturated heterocycles. The van der Waals surface area contributed by atoms with Crippen molar-refractivity contribution in [2.75, 3.05) is 36.9 Å². The number of aromatic nitrogens is 1. The Bertz CT molecular complexity index is 1170. The Kier molecular flexibility index (Phi) is 6.70. The lowest BCUT2D eigenvalue weighted by molar-refractivity contribution is -0.137. The van der Waals surface area contributed by atoms with E-state index in [0.717, 1.165) is 17.6 Å². The van der Waals surface area contributed by atoms with Gasteiger partial charge in [-0.3, -0.25) is 9.59 Å². The molecule has 1 aromatic heterocycles. The standard InChI is InChI=1S/C23H22ClF3N4O3/c1-30(13-20(32)28-15-6-7-17(24)16(12-15)23(25,26)27)21(33)14-8-10-31(11-9-14)22-29-18-4-2-3-5-19(18)34-22/h2-7,12,14H,8-11,13H2,1H3,(H,28,32). The van der Waals surface area contributed by atoms with Crippen molar-refractivity contribution in [3.8, 4) is 0 Å². The highest BCUT2D eigenvalue weighted by Gasteiger charge is 2.34. The molecule has 0 spiro atoms. The molecule has 1 N–H and O–H groups in total. The number of carbonyl (C=O) groups is 2. The number of benzene rings is 2. The molecule has 4 rings (SSSR count). The topological polar surface area (TPSA) is 78.7 Å². The maximum Gasteiger partial charge on any atom is 0.417 e. The van der Waals surface area contributed by atoms with Gasteiger partial charge in [-0.15, -0.1) is 0 Å². The number of anilines is 2. The Balaban J connectivity index is 1.30. The SMILES string of the molecule is CN(CC(=O)Nc1ccc(Cl)c(C(F)(F)F)c1)C(=O)C1CCN(c2nc3ccccc3o2)CC1. The predicted molar refractivity (Wildman–Crippen MR) is 122 cm³/mol. The van der Waals surface area contributed by atoms with Crippen LogP contribution in [0.25, 0.3) is 11.1 Å². The van der Waals surface area contributed by atoms with Gasteiger partial charge in [0.2, 0.25) is 11.8 Å². The number of halogens is 4. The number of amides is 2. The van der Waals surface area contributed by atoms with Gasteiger partial charge in [0.05, 0.1) is 17.1 Å². The number of rotatable bonds is 5. The summed E-state index contributed by atoms with van der Waals surface area (Å²) < 4.78 is 44.8. The molecule has 2 heterocycles. The number of para-hydroxylation sites is 2. The molecule has 11 heteroatoms. The second-order valence-corrected chi connectivity index (χ2v) is 8.57. The zero-order chi connectivity index (χ0) is 24.5. The van der Waals surface area contributed by atoms with Gasteiger partial charge in [-0.2, -0.15) is 18.2 Å². The molecule has 2 amide bonds. The van der Waals surface area contributed by atoms with Gasteiger partial charge in [0, 0.05) is 31.7 Å². The minimum absolute atomic E-state index is 0.0470. The van der Waals surface area contributed by atoms with Crippen LogP contribution in [0.3, 0.4) is 0 Å². The number of carbonyl (C=O) groups excluding carboxylic acids is 2. The average Bonchev–Trinajstić information content (AvgIpc) is 3.23. The summed E-state index contributed by atoms with van der Waals surface area (Å²) in [5, 5.41) is 1.93. The maximum absolute atomic E-state index is 13.0. The molecule has 34 heavy (non-hydrogen) atoms. The van der Waals surface area contributed by atoms with E-state index >= 15 is 0 Å². The third kappa shape index (κ3) is 5.27. The first-order chi connectivity index (χ1) is 16.1. The Labute approximate surface area is 198 Å². The number of alkyl halides is 3. The highest BCUT2D eigenvalue weighted by molar-refractivity contribution is 6.31. The second kappa shape index (κ2) is 9.54. The Morgan fingerprint density at radius 3 is 2.59 bits per heavy atom. The van der Waals surface area contributed by atoms with Crippen molar-refractivity contribution in [1.29, 1.82) is 0 Å². The van der Waals surface area contributed by atoms with Gasteiger partial charge in [0.1, 0.15) is 5.52 Å². The van der Waals surface area contributed by atoms with Crippen LogP contribution >= 0.6 is 11.6 Å². The Hall–Kier alpha value is -3.27. The number of nitrogens with one attached hydrogen (secondary N) is 1. The van der Waals surface area contributed by atoms with Gasteiger partial charge in [-0.1, -0.05) is 23.7 Å². The largest absolute Gasteiger partial charge is 0.423 e. The van der Waals surface area contributed by atoms with Crippen molar-refractivity contribution in [3.05, 3.63) is 53.1 Å². The van der Waals surface area contributed by atoms with E-state index in [1.54, 1.807) is 0 Å². The highest BCUT2D eigenvalue weighted by atomic mass is 35.5. The van der Waals surface area contributed by atoms with Crippen molar-refractivity contribution < 1.29 is 27.2 Å². The van der Waals surface area contributed by atoms with Crippen molar-refractivity contribution in [2.24, 2.45) is 5.92 Å². The van der Waals surface area contributed by atoms with Gasteiger partial charge in [0.25, 0.3) is 6.01 Å². The van der Waals surface area contributed by atoms with Crippen LogP contribution in [0.2, 0.25) is 5.02 Å². The van der Waals surface area contributed by atoms with Crippen LogP contribution in [0.5, 0.6) is 0 Å². The van der Waals surface area contributed by atoms with E-state index in [1.165, 1.54) is 18.0 Å². The molecule has 0 atom stereocenters. The fourth-order valence-corrected chi connectivity index (χ4v) is 4.16. The molecule has 0 saturated carbocycles. The van der Waals surface area contributed by atoms with E-state index in [9.17, 15) is 22.8 Å². The van der Waals surface area contributed by atoms with Crippen LogP contribution < -0.4 is 10.2 Å². The third-order valence-corrected chi connectivity index (χ3v) is 6.04. The van der Waals surface area contributed by atoms with Crippen molar-refractivity contribution in [1.82, 2.24) is 9.88 Å². The summed E-state index contributed by atoms with van der Waals surface area (Å²) in [4.78, 5) is 32.9. The first kappa shape index (κ1) is 23.9. The molecule has 0 aliphatic carbocycles. The summed E-state index contributed by atoms with van der Waals surface area (Å²) in [5.74, 6) is -1.07. The summed E-state index contributed by atoms with van der Waals surface area (Å²) in [6.07, 6.45) is -3.51. The normalized spacial score (nSPS) is 14.9. The van der Waals surface area contributed by atoms with E-state index in [-0.39, 0.29) is 24.1 Å². The molecule has 0 radical (unpaired) electrons. The van der Waals surface area contributed by atoms with E-state index < -0.39 is 22.7 Å². The number of piperidine rings is 1. The van der Waals surface area contributed by atoms with Crippen LogP contribution in [0.4, 0.5) is 24.9 Å². The van der Waals surface area contributed by atoms with E-state index in [2.05, 4.69) is 10.3 Å². The van der Waals surface area contributed by atoms with Gasteiger partial charge in [0.15, 0.2) is 5.58 Å². The fraction of sp³-hybridized carbons (Fsp3) is 0.348. The first-order valence-electron chi connectivity index (χ1n) is 10.6. The molecule has 1 aliphatic heterocycles. The van der Waals surface area contributed by atoms with Crippen molar-refractivity contribution >= 4 is 46.2 Å². The molecule has 180 valence electrons. The van der Waals surface area contributed by atoms with Crippen molar-refractivity contribution in [2.45, 2.75) is 19.0 Å². The molecule has 0 bridgehead atoms. The van der Waals surface area contributed by atoms with Crippen LogP contribution in [0.15, 0.2) is 46.9 Å². The number of oxazole rings is 1. The highest BCUT2D eigenvalue weighted by Crippen LogP contribution is 2.36. The Morgan fingerprint density at radius 2 is 1.91 bits per heavy atom. The summed E-state index contributed by atoms with van der Waals surface area (Å²) in [7, 11) is 1.50. The molecule has 3 aromatic rings. The fourth-order valence-electron chi connectivity index (χ4n) is 3.94. The summed E-state index contributed by atoms with van der Waals surface area (Å²) in [6, 6.07) is 11.1. The minimum atomic E-state index is -4.64. The van der Waals surface area contributed by atoms with Crippen LogP contribution in [-0.4, -0.2) is 48.4 Å². The second-order valence-electron chi connectivity index (χ2n) is 8.16. The van der Waals surface area contributed by atoms with E-state index in [1.807, 2.05) is 29.2 Å². The zero-order valence-corrected chi connectivity index (χ0v) is 19.0. The summed E-state index contributed by atoms with van der Waals surface area (Å²) in [5.41, 5.74) is 0.380. The molecular formula is C23H22ClF3N4O3. The minimum Gasteiger partial charge on any atom is -0.423 e. The smallest absolute Gasteiger partial charge is 0.417 e. The lowest BCUT2D eigenvalue weighted by atomic mass is 9.95. The zero-order valence-electron chi connectivity index (χ0n) is 18.2. The van der Waals surface area contributed by atoms with Crippen LogP contribution in [0, 0.1) is 5.92 Å². The van der Waals surface area contributed by atoms with Crippen LogP contribution in [-0.2, 0) is 15.8 Å². The quantitative estimate of drug-likeness (QED) is 0.550. The first-order valence-corrected chi connectivity index (χ1v) is 11.0. The van der Waals surface area contributed by atoms with Crippen LogP contribution in [0.1, 0.15) is 18.4 Å². The van der Waals surface area contributed by atoms with Gasteiger partial charge in [-0.05, 0) is 43.2 Å². The molecule has 7 nitrogen and oxygen atoms in total. The van der Waals surface area contributed by atoms with Gasteiger partial charge in [-0.25, -0.2) is 0 Å². The molecule has 1 aliphatic rings. The van der Waals surface area contributed by atoms with E-state index in [4.69, 9.17) is 16.0 Å². The molecule has 1 fully saturated rings. The average molecular weight is 495 g/mol. The Morgan fingerprint density at radius 1 is 1.21 bits per heavy atom. The lowest BCUT2D eigenvalue weighted by Gasteiger charge is -2.32. The summed E-state index contributed by atoms with van der Waals surface area (Å²) >= 11 is 5.60. The molecular weight excluding hydrogens is 473 g/mol. The predicted octanol–water partition coefficient (Wildman–Crippen LogP) is 4.81. The maximum atomic E-state index is 13.0. The number of hydrogen-bond donors (Lipinski definition) is 1. The van der Waals surface area contributed by atoms with Crippen molar-refractivity contribution in [3.63, 3.8) is 0 Å². The van der Waals surface area contributed by atoms with Gasteiger partial charge >= 0.3 is 6.18 Å². The molecule has 0 unspecified atom stereocenters. The number of nitrogens with zero attached hydrogens (tertiary/aromatic N) is 3. The summed E-state index contributed by atoms with van der Waals surface area (Å²) in [6.45, 7) is 0.872. The molecule has 2 aromatic carbocycles. The third-order valence-electron chi connectivity index (χ3n) is 5.71. The number of fused-ring (bicyclic) bond motifs is 1. The monoisotopic (exact) mass is 494 g/mol. The number of likely N-dealkylation sites (N-methyl/N-ethyl adjacent to an activating group) is 1. The lowest BCUT2D eigenvalue weighted by Crippen LogP contribution is -2.43. The van der Waals surface area contributed by atoms with E-state index in [0.29, 0.717) is 37.5 Å².